The van der Waals surface area contributed by atoms with Gasteiger partial charge in [0, 0.05) is 6.07 Å². The first-order chi connectivity index (χ1) is 18.8. The van der Waals surface area contributed by atoms with E-state index in [1.165, 1.54) is 44.1 Å². The zero-order valence-electron chi connectivity index (χ0n) is 23.1. The molecule has 9 heteroatoms. The van der Waals surface area contributed by atoms with Gasteiger partial charge in [0.25, 0.3) is 5.92 Å². The van der Waals surface area contributed by atoms with Gasteiger partial charge >= 0.3 is 0 Å². The van der Waals surface area contributed by atoms with Crippen LogP contribution in [0.3, 0.4) is 0 Å². The molecule has 0 aromatic carbocycles. The largest absolute Gasteiger partial charge is 0.489 e. The highest BCUT2D eigenvalue weighted by Gasteiger charge is 2.50. The first-order valence-electron chi connectivity index (χ1n) is 14.6. The fourth-order valence-corrected chi connectivity index (χ4v) is 5.80. The van der Waals surface area contributed by atoms with Crippen molar-refractivity contribution in [2.24, 2.45) is 11.8 Å². The fourth-order valence-electron chi connectivity index (χ4n) is 5.59. The maximum Gasteiger partial charge on any atom is 0.287 e. The molecule has 3 atom stereocenters. The molecule has 4 rings (SSSR count). The standard InChI is InChI=1S/C30H41ClF3N3O2/c1-3-5-10-23(31)19-39-24-17-35-29(36-18-24)25-14-13-22-16-26(37-28(32)27(22)30(25,33)34)38-15-8-6-7-9-20(4-2)21-11-12-21/h16-18,20-21,23,25H,3-15,19H2,1-2H3. The van der Waals surface area contributed by atoms with Crippen LogP contribution in [-0.4, -0.2) is 33.5 Å². The van der Waals surface area contributed by atoms with Crippen LogP contribution in [0.15, 0.2) is 18.5 Å². The number of alkyl halides is 3. The van der Waals surface area contributed by atoms with Gasteiger partial charge in [-0.2, -0.15) is 9.37 Å². The molecule has 2 aromatic rings. The summed E-state index contributed by atoms with van der Waals surface area (Å²) in [6.07, 6.45) is 14.2. The number of aromatic nitrogens is 3. The monoisotopic (exact) mass is 567 g/mol. The Bertz CT molecular complexity index is 1050. The molecule has 2 heterocycles. The number of hydrogen-bond donors (Lipinski definition) is 0. The summed E-state index contributed by atoms with van der Waals surface area (Å²) >= 11 is 6.23. The molecule has 0 N–H and O–H groups in total. The van der Waals surface area contributed by atoms with E-state index in [0.717, 1.165) is 50.4 Å². The lowest BCUT2D eigenvalue weighted by Gasteiger charge is -2.32. The predicted molar refractivity (Wildman–Crippen MR) is 146 cm³/mol. The van der Waals surface area contributed by atoms with E-state index in [0.29, 0.717) is 12.4 Å². The number of pyridine rings is 1. The lowest BCUT2D eigenvalue weighted by Crippen LogP contribution is -2.33. The Labute approximate surface area is 235 Å². The summed E-state index contributed by atoms with van der Waals surface area (Å²) in [5, 5.41) is -0.140. The summed E-state index contributed by atoms with van der Waals surface area (Å²) in [7, 11) is 0. The van der Waals surface area contributed by atoms with Crippen LogP contribution in [0.4, 0.5) is 13.2 Å². The molecule has 0 radical (unpaired) electrons. The third-order valence-corrected chi connectivity index (χ3v) is 8.39. The van der Waals surface area contributed by atoms with Gasteiger partial charge in [0.05, 0.1) is 35.9 Å². The van der Waals surface area contributed by atoms with Gasteiger partial charge in [-0.1, -0.05) is 52.4 Å². The molecule has 2 aromatic heterocycles. The van der Waals surface area contributed by atoms with E-state index in [4.69, 9.17) is 21.1 Å². The van der Waals surface area contributed by atoms with E-state index >= 15 is 8.78 Å². The maximum absolute atomic E-state index is 15.5. The first-order valence-corrected chi connectivity index (χ1v) is 15.1. The molecular weight excluding hydrogens is 527 g/mol. The lowest BCUT2D eigenvalue weighted by molar-refractivity contribution is -0.0501. The van der Waals surface area contributed by atoms with Crippen LogP contribution in [0.25, 0.3) is 0 Å². The van der Waals surface area contributed by atoms with Crippen molar-refractivity contribution in [3.63, 3.8) is 0 Å². The molecule has 0 amide bonds. The van der Waals surface area contributed by atoms with Gasteiger partial charge in [0.2, 0.25) is 11.8 Å². The topological polar surface area (TPSA) is 57.1 Å². The van der Waals surface area contributed by atoms with Crippen LogP contribution in [0.2, 0.25) is 0 Å². The summed E-state index contributed by atoms with van der Waals surface area (Å²) in [5.74, 6) is -3.88. The number of fused-ring (bicyclic) bond motifs is 1. The van der Waals surface area contributed by atoms with Crippen molar-refractivity contribution in [2.45, 2.75) is 108 Å². The molecule has 39 heavy (non-hydrogen) atoms. The second-order valence-electron chi connectivity index (χ2n) is 11.0. The molecule has 1 saturated carbocycles. The molecule has 216 valence electrons. The number of halogens is 4. The Hall–Kier alpha value is -2.09. The summed E-state index contributed by atoms with van der Waals surface area (Å²) in [4.78, 5) is 12.0. The molecule has 0 aliphatic heterocycles. The predicted octanol–water partition coefficient (Wildman–Crippen LogP) is 8.38. The number of unbranched alkanes of at least 4 members (excludes halogenated alkanes) is 3. The smallest absolute Gasteiger partial charge is 0.287 e. The molecule has 3 unspecified atom stereocenters. The molecule has 5 nitrogen and oxygen atoms in total. The minimum absolute atomic E-state index is 0.0434. The van der Waals surface area contributed by atoms with Crippen molar-refractivity contribution in [3.8, 4) is 11.6 Å². The molecule has 2 aliphatic carbocycles. The van der Waals surface area contributed by atoms with Gasteiger partial charge in [-0.25, -0.2) is 18.7 Å². The van der Waals surface area contributed by atoms with Gasteiger partial charge in [-0.3, -0.25) is 0 Å². The van der Waals surface area contributed by atoms with Crippen LogP contribution < -0.4 is 9.47 Å². The normalized spacial score (nSPS) is 19.8. The third-order valence-electron chi connectivity index (χ3n) is 8.05. The van der Waals surface area contributed by atoms with Crippen molar-refractivity contribution in [1.29, 1.82) is 0 Å². The van der Waals surface area contributed by atoms with E-state index < -0.39 is 23.4 Å². The number of nitrogens with zero attached hydrogens (tertiary/aromatic N) is 3. The lowest BCUT2D eigenvalue weighted by atomic mass is 9.80. The average molecular weight is 568 g/mol. The quantitative estimate of drug-likeness (QED) is 0.116. The summed E-state index contributed by atoms with van der Waals surface area (Å²) < 4.78 is 57.2. The van der Waals surface area contributed by atoms with Gasteiger partial charge in [0.15, 0.2) is 5.75 Å². The second-order valence-corrected chi connectivity index (χ2v) is 11.6. The number of rotatable bonds is 16. The maximum atomic E-state index is 15.5. The van der Waals surface area contributed by atoms with Crippen molar-refractivity contribution in [1.82, 2.24) is 15.0 Å². The Kier molecular flexibility index (Phi) is 10.7. The fraction of sp³-hybridized carbons (Fsp3) is 0.700. The number of hydrogen-bond acceptors (Lipinski definition) is 5. The highest BCUT2D eigenvalue weighted by molar-refractivity contribution is 6.20. The molecular formula is C30H41ClF3N3O2. The summed E-state index contributed by atoms with van der Waals surface area (Å²) in [5.41, 5.74) is -0.448. The number of ether oxygens (including phenoxy) is 2. The minimum atomic E-state index is -3.50. The van der Waals surface area contributed by atoms with Gasteiger partial charge in [-0.15, -0.1) is 11.6 Å². The van der Waals surface area contributed by atoms with Gasteiger partial charge in [-0.05, 0) is 55.9 Å². The van der Waals surface area contributed by atoms with Crippen molar-refractivity contribution >= 4 is 11.6 Å². The van der Waals surface area contributed by atoms with Crippen LogP contribution in [0, 0.1) is 17.8 Å². The van der Waals surface area contributed by atoms with E-state index in [-0.39, 0.29) is 42.1 Å². The first kappa shape index (κ1) is 29.9. The molecule has 0 spiro atoms. The summed E-state index contributed by atoms with van der Waals surface area (Å²) in [6.45, 7) is 5.04. The van der Waals surface area contributed by atoms with Crippen molar-refractivity contribution in [3.05, 3.63) is 41.4 Å². The Morgan fingerprint density at radius 2 is 1.79 bits per heavy atom. The Morgan fingerprint density at radius 1 is 1.03 bits per heavy atom. The molecule has 2 aliphatic rings. The number of aryl methyl sites for hydroxylation is 1. The average Bonchev–Trinajstić information content (AvgIpc) is 3.76. The van der Waals surface area contributed by atoms with Crippen LogP contribution in [0.5, 0.6) is 11.6 Å². The molecule has 0 saturated heterocycles. The third kappa shape index (κ3) is 7.99. The molecule has 0 bridgehead atoms. The van der Waals surface area contributed by atoms with Gasteiger partial charge < -0.3 is 9.47 Å². The van der Waals surface area contributed by atoms with Crippen molar-refractivity contribution in [2.75, 3.05) is 13.2 Å². The minimum Gasteiger partial charge on any atom is -0.489 e. The van der Waals surface area contributed by atoms with E-state index in [1.807, 2.05) is 0 Å². The molecule has 1 fully saturated rings. The van der Waals surface area contributed by atoms with Crippen LogP contribution in [0.1, 0.15) is 107 Å². The van der Waals surface area contributed by atoms with Crippen LogP contribution >= 0.6 is 11.6 Å². The zero-order chi connectivity index (χ0) is 27.8. The highest BCUT2D eigenvalue weighted by Crippen LogP contribution is 2.49. The Balaban J connectivity index is 1.30. The van der Waals surface area contributed by atoms with E-state index in [2.05, 4.69) is 28.8 Å². The SMILES string of the molecule is CCCCC(Cl)COc1cnc(C2CCc3cc(OCCCCCC(CC)C4CC4)nc(F)c3C2(F)F)nc1. The zero-order valence-corrected chi connectivity index (χ0v) is 23.9. The van der Waals surface area contributed by atoms with Gasteiger partial charge in [0.1, 0.15) is 12.4 Å². The van der Waals surface area contributed by atoms with Crippen molar-refractivity contribution < 1.29 is 22.6 Å². The van der Waals surface area contributed by atoms with Crippen LogP contribution in [-0.2, 0) is 12.3 Å². The van der Waals surface area contributed by atoms with E-state index in [9.17, 15) is 4.39 Å². The highest BCUT2D eigenvalue weighted by atomic mass is 35.5. The second kappa shape index (κ2) is 14.0. The Morgan fingerprint density at radius 3 is 2.49 bits per heavy atom. The summed E-state index contributed by atoms with van der Waals surface area (Å²) in [6, 6.07) is 1.46. The van der Waals surface area contributed by atoms with E-state index in [1.54, 1.807) is 0 Å².